The Kier molecular flexibility index (Phi) is 3.47. The molecule has 6 heteroatoms. The topological polar surface area (TPSA) is 79.9 Å². The minimum absolute atomic E-state index is 0.0596. The highest BCUT2D eigenvalue weighted by Gasteiger charge is 2.25. The molecule has 1 aromatic heterocycles. The molecule has 0 saturated carbocycles. The molecule has 2 heterocycles. The zero-order valence-corrected chi connectivity index (χ0v) is 11.2. The van der Waals surface area contributed by atoms with E-state index in [0.29, 0.717) is 12.4 Å². The molecule has 0 aliphatic carbocycles. The standard InChI is InChI=1S/C14H16N4O2/c1-2-20-14(19)13-16-12(17-18-13)11-10-6-4-3-5-9(10)7-8-15-11/h3-6,11,15H,2,7-8H2,1H3,(H,16,17,18). The van der Waals surface area contributed by atoms with E-state index in [-0.39, 0.29) is 11.9 Å². The van der Waals surface area contributed by atoms with Gasteiger partial charge in [-0.25, -0.2) is 9.78 Å². The third-order valence-corrected chi connectivity index (χ3v) is 3.34. The smallest absolute Gasteiger partial charge is 0.378 e. The molecule has 6 nitrogen and oxygen atoms in total. The molecule has 0 amide bonds. The molecule has 20 heavy (non-hydrogen) atoms. The van der Waals surface area contributed by atoms with Crippen molar-refractivity contribution in [1.29, 1.82) is 0 Å². The Labute approximate surface area is 116 Å². The minimum atomic E-state index is -0.501. The fourth-order valence-corrected chi connectivity index (χ4v) is 2.44. The number of carbonyl (C=O) groups is 1. The summed E-state index contributed by atoms with van der Waals surface area (Å²) in [6.07, 6.45) is 0.992. The Hall–Kier alpha value is -2.21. The maximum absolute atomic E-state index is 11.6. The van der Waals surface area contributed by atoms with Crippen LogP contribution in [0, 0.1) is 0 Å². The number of ether oxygens (including phenoxy) is 1. The second kappa shape index (κ2) is 5.42. The van der Waals surface area contributed by atoms with Gasteiger partial charge >= 0.3 is 5.97 Å². The molecular formula is C14H16N4O2. The van der Waals surface area contributed by atoms with Gasteiger partial charge in [-0.2, -0.15) is 0 Å². The van der Waals surface area contributed by atoms with Crippen molar-refractivity contribution in [2.45, 2.75) is 19.4 Å². The number of nitrogens with zero attached hydrogens (tertiary/aromatic N) is 2. The lowest BCUT2D eigenvalue weighted by Gasteiger charge is -2.24. The van der Waals surface area contributed by atoms with E-state index in [1.165, 1.54) is 11.1 Å². The Morgan fingerprint density at radius 3 is 3.15 bits per heavy atom. The van der Waals surface area contributed by atoms with Gasteiger partial charge in [-0.05, 0) is 24.5 Å². The average Bonchev–Trinajstić information content (AvgIpc) is 2.97. The van der Waals surface area contributed by atoms with Crippen molar-refractivity contribution in [3.05, 3.63) is 47.0 Å². The first-order valence-corrected chi connectivity index (χ1v) is 6.70. The van der Waals surface area contributed by atoms with Crippen LogP contribution in [0.2, 0.25) is 0 Å². The summed E-state index contributed by atoms with van der Waals surface area (Å²) in [5.41, 5.74) is 2.47. The van der Waals surface area contributed by atoms with Crippen LogP contribution in [0.15, 0.2) is 24.3 Å². The highest BCUT2D eigenvalue weighted by atomic mass is 16.5. The zero-order valence-electron chi connectivity index (χ0n) is 11.2. The number of aromatic nitrogens is 3. The van der Waals surface area contributed by atoms with Crippen LogP contribution in [0.25, 0.3) is 0 Å². The van der Waals surface area contributed by atoms with Crippen LogP contribution in [0.5, 0.6) is 0 Å². The van der Waals surface area contributed by atoms with Crippen molar-refractivity contribution in [1.82, 2.24) is 20.5 Å². The van der Waals surface area contributed by atoms with Crippen LogP contribution in [-0.2, 0) is 11.2 Å². The fraction of sp³-hybridized carbons (Fsp3) is 0.357. The number of rotatable bonds is 3. The second-order valence-corrected chi connectivity index (χ2v) is 4.60. The molecular weight excluding hydrogens is 256 g/mol. The first kappa shape index (κ1) is 12.8. The first-order chi connectivity index (χ1) is 9.79. The highest BCUT2D eigenvalue weighted by molar-refractivity contribution is 5.84. The minimum Gasteiger partial charge on any atom is -0.460 e. The van der Waals surface area contributed by atoms with Crippen molar-refractivity contribution in [3.8, 4) is 0 Å². The van der Waals surface area contributed by atoms with Gasteiger partial charge in [0.2, 0.25) is 0 Å². The quantitative estimate of drug-likeness (QED) is 0.821. The Balaban J connectivity index is 1.89. The monoisotopic (exact) mass is 272 g/mol. The number of fused-ring (bicyclic) bond motifs is 1. The van der Waals surface area contributed by atoms with E-state index < -0.39 is 5.97 Å². The Bertz CT molecular complexity index is 623. The van der Waals surface area contributed by atoms with Crippen LogP contribution in [0.4, 0.5) is 0 Å². The normalized spacial score (nSPS) is 17.6. The summed E-state index contributed by atoms with van der Waals surface area (Å²) < 4.78 is 4.89. The van der Waals surface area contributed by atoms with Crippen LogP contribution >= 0.6 is 0 Å². The average molecular weight is 272 g/mol. The number of nitrogens with one attached hydrogen (secondary N) is 2. The second-order valence-electron chi connectivity index (χ2n) is 4.60. The summed E-state index contributed by atoms with van der Waals surface area (Å²) in [5, 5.41) is 10.2. The highest BCUT2D eigenvalue weighted by Crippen LogP contribution is 2.26. The Morgan fingerprint density at radius 1 is 1.45 bits per heavy atom. The summed E-state index contributed by atoms with van der Waals surface area (Å²) in [5.74, 6) is 0.214. The van der Waals surface area contributed by atoms with Crippen LogP contribution < -0.4 is 5.32 Å². The number of hydrogen-bond acceptors (Lipinski definition) is 5. The van der Waals surface area contributed by atoms with Gasteiger partial charge < -0.3 is 10.1 Å². The number of esters is 1. The van der Waals surface area contributed by atoms with Gasteiger partial charge in [0, 0.05) is 6.54 Å². The van der Waals surface area contributed by atoms with Crippen molar-refractivity contribution >= 4 is 5.97 Å². The summed E-state index contributed by atoms with van der Waals surface area (Å²) in [4.78, 5) is 15.8. The van der Waals surface area contributed by atoms with Crippen molar-refractivity contribution in [2.24, 2.45) is 0 Å². The van der Waals surface area contributed by atoms with E-state index in [1.54, 1.807) is 6.92 Å². The van der Waals surface area contributed by atoms with E-state index in [1.807, 2.05) is 12.1 Å². The van der Waals surface area contributed by atoms with Crippen molar-refractivity contribution in [3.63, 3.8) is 0 Å². The van der Waals surface area contributed by atoms with Gasteiger partial charge in [-0.3, -0.25) is 5.10 Å². The zero-order chi connectivity index (χ0) is 13.9. The summed E-state index contributed by atoms with van der Waals surface area (Å²) in [7, 11) is 0. The maximum atomic E-state index is 11.6. The van der Waals surface area contributed by atoms with Gasteiger partial charge in [0.05, 0.1) is 12.6 Å². The third-order valence-electron chi connectivity index (χ3n) is 3.34. The molecule has 2 aromatic rings. The molecule has 2 N–H and O–H groups in total. The molecule has 0 saturated heterocycles. The van der Waals surface area contributed by atoms with Gasteiger partial charge in [-0.15, -0.1) is 5.10 Å². The summed E-state index contributed by atoms with van der Waals surface area (Å²) in [6, 6.07) is 8.16. The fourth-order valence-electron chi connectivity index (χ4n) is 2.44. The van der Waals surface area contributed by atoms with Crippen LogP contribution in [0.3, 0.4) is 0 Å². The molecule has 1 atom stereocenters. The molecule has 0 spiro atoms. The van der Waals surface area contributed by atoms with E-state index in [4.69, 9.17) is 4.74 Å². The molecule has 0 radical (unpaired) electrons. The van der Waals surface area contributed by atoms with Gasteiger partial charge in [-0.1, -0.05) is 24.3 Å². The lowest BCUT2D eigenvalue weighted by atomic mass is 9.94. The molecule has 0 bridgehead atoms. The number of benzene rings is 1. The van der Waals surface area contributed by atoms with Crippen molar-refractivity contribution < 1.29 is 9.53 Å². The van der Waals surface area contributed by atoms with Crippen LogP contribution in [-0.4, -0.2) is 34.3 Å². The SMILES string of the molecule is CCOC(=O)c1n[nH]c(C2NCCc3ccccc32)n1. The predicted molar refractivity (Wildman–Crippen MR) is 72.3 cm³/mol. The number of carbonyl (C=O) groups excluding carboxylic acids is 1. The molecule has 1 aliphatic heterocycles. The first-order valence-electron chi connectivity index (χ1n) is 6.70. The lowest BCUT2D eigenvalue weighted by Crippen LogP contribution is -2.31. The summed E-state index contributed by atoms with van der Waals surface area (Å²) >= 11 is 0. The molecule has 1 unspecified atom stereocenters. The van der Waals surface area contributed by atoms with E-state index in [2.05, 4.69) is 32.6 Å². The van der Waals surface area contributed by atoms with Gasteiger partial charge in [0.25, 0.3) is 5.82 Å². The molecule has 1 aliphatic rings. The van der Waals surface area contributed by atoms with Crippen LogP contribution in [0.1, 0.15) is 40.5 Å². The van der Waals surface area contributed by atoms with Crippen molar-refractivity contribution in [2.75, 3.05) is 13.2 Å². The third kappa shape index (κ3) is 2.30. The Morgan fingerprint density at radius 2 is 2.30 bits per heavy atom. The summed E-state index contributed by atoms with van der Waals surface area (Å²) in [6.45, 7) is 2.94. The van der Waals surface area contributed by atoms with Gasteiger partial charge in [0.15, 0.2) is 0 Å². The van der Waals surface area contributed by atoms with E-state index in [9.17, 15) is 4.79 Å². The number of hydrogen-bond donors (Lipinski definition) is 2. The lowest BCUT2D eigenvalue weighted by molar-refractivity contribution is 0.0512. The van der Waals surface area contributed by atoms with Gasteiger partial charge in [0.1, 0.15) is 5.82 Å². The maximum Gasteiger partial charge on any atom is 0.378 e. The predicted octanol–water partition coefficient (Wildman–Crippen LogP) is 1.22. The molecule has 0 fully saturated rings. The molecule has 3 rings (SSSR count). The molecule has 104 valence electrons. The number of aromatic amines is 1. The van der Waals surface area contributed by atoms with E-state index >= 15 is 0 Å². The largest absolute Gasteiger partial charge is 0.460 e. The molecule has 1 aromatic carbocycles. The number of H-pyrrole nitrogens is 1. The van der Waals surface area contributed by atoms with E-state index in [0.717, 1.165) is 13.0 Å².